The van der Waals surface area contributed by atoms with Crippen LogP contribution >= 0.6 is 0 Å². The van der Waals surface area contributed by atoms with Gasteiger partial charge in [0.25, 0.3) is 0 Å². The van der Waals surface area contributed by atoms with Crippen LogP contribution in [0.2, 0.25) is 0 Å². The molecule has 4 rings (SSSR count). The lowest BCUT2D eigenvalue weighted by molar-refractivity contribution is 0.247. The van der Waals surface area contributed by atoms with E-state index in [9.17, 15) is 8.42 Å². The number of benzene rings is 1. The van der Waals surface area contributed by atoms with E-state index in [1.807, 2.05) is 39.0 Å². The zero-order valence-electron chi connectivity index (χ0n) is 19.4. The molecule has 174 valence electrons. The maximum Gasteiger partial charge on any atom is 0.245 e. The van der Waals surface area contributed by atoms with Crippen LogP contribution in [-0.2, 0) is 16.6 Å². The van der Waals surface area contributed by atoms with Gasteiger partial charge in [-0.1, -0.05) is 31.1 Å². The summed E-state index contributed by atoms with van der Waals surface area (Å²) < 4.78 is 35.6. The minimum absolute atomic E-state index is 0.218. The second-order valence-electron chi connectivity index (χ2n) is 8.60. The van der Waals surface area contributed by atoms with Gasteiger partial charge in [0, 0.05) is 19.8 Å². The zero-order chi connectivity index (χ0) is 23.8. The molecule has 0 fully saturated rings. The molecule has 9 nitrogen and oxygen atoms in total. The van der Waals surface area contributed by atoms with E-state index in [0.717, 1.165) is 22.4 Å². The monoisotopic (exact) mass is 468 g/mol. The number of nitrogens with zero attached hydrogens (tertiary/aromatic N) is 6. The van der Waals surface area contributed by atoms with Crippen LogP contribution in [0.15, 0.2) is 52.1 Å². The maximum atomic E-state index is 13.4. The van der Waals surface area contributed by atoms with Crippen LogP contribution in [0.4, 0.5) is 0 Å². The minimum Gasteiger partial charge on any atom is -0.338 e. The summed E-state index contributed by atoms with van der Waals surface area (Å²) in [5.74, 6) is 1.90. The summed E-state index contributed by atoms with van der Waals surface area (Å²) in [5.41, 5.74) is 2.80. The second-order valence-corrected chi connectivity index (χ2v) is 10.6. The van der Waals surface area contributed by atoms with Gasteiger partial charge in [0.15, 0.2) is 5.82 Å². The van der Waals surface area contributed by atoms with Crippen LogP contribution in [0.5, 0.6) is 0 Å². The van der Waals surface area contributed by atoms with Crippen molar-refractivity contribution >= 4 is 21.1 Å². The van der Waals surface area contributed by atoms with Gasteiger partial charge in [-0.25, -0.2) is 13.4 Å². The fraction of sp³-hybridized carbons (Fsp3) is 0.391. The van der Waals surface area contributed by atoms with Crippen molar-refractivity contribution in [3.05, 3.63) is 65.8 Å². The number of fused-ring (bicyclic) bond motifs is 1. The molecule has 0 aliphatic rings. The van der Waals surface area contributed by atoms with Crippen molar-refractivity contribution in [2.45, 2.75) is 51.6 Å². The van der Waals surface area contributed by atoms with Crippen molar-refractivity contribution in [2.24, 2.45) is 5.92 Å². The van der Waals surface area contributed by atoms with Gasteiger partial charge in [-0.2, -0.15) is 9.29 Å². The van der Waals surface area contributed by atoms with E-state index in [4.69, 9.17) is 4.52 Å². The SMILES string of the molecule is Cc1noc(C(CC(C)C)N(C)S(=O)(=O)c2ccc(Cn3c(C)nc4cnccc43)cc2)n1. The van der Waals surface area contributed by atoms with Crippen LogP contribution in [0, 0.1) is 19.8 Å². The van der Waals surface area contributed by atoms with Crippen LogP contribution in [0.1, 0.15) is 49.4 Å². The summed E-state index contributed by atoms with van der Waals surface area (Å²) in [6.45, 7) is 8.31. The fourth-order valence-corrected chi connectivity index (χ4v) is 5.21. The van der Waals surface area contributed by atoms with Crippen molar-refractivity contribution in [1.29, 1.82) is 0 Å². The second kappa shape index (κ2) is 9.03. The number of sulfonamides is 1. The molecular weight excluding hydrogens is 440 g/mol. The van der Waals surface area contributed by atoms with Crippen LogP contribution in [-0.4, -0.2) is 44.4 Å². The smallest absolute Gasteiger partial charge is 0.245 e. The molecule has 0 bridgehead atoms. The van der Waals surface area contributed by atoms with Gasteiger partial charge in [0.1, 0.15) is 17.4 Å². The van der Waals surface area contributed by atoms with Gasteiger partial charge in [-0.3, -0.25) is 4.98 Å². The number of hydrogen-bond donors (Lipinski definition) is 0. The van der Waals surface area contributed by atoms with E-state index in [2.05, 4.69) is 24.7 Å². The number of pyridine rings is 1. The Morgan fingerprint density at radius 1 is 1.09 bits per heavy atom. The fourth-order valence-electron chi connectivity index (χ4n) is 3.88. The number of rotatable bonds is 8. The highest BCUT2D eigenvalue weighted by molar-refractivity contribution is 7.89. The quantitative estimate of drug-likeness (QED) is 0.386. The number of aromatic nitrogens is 5. The first kappa shape index (κ1) is 23.1. The highest BCUT2D eigenvalue weighted by atomic mass is 32.2. The molecule has 0 aliphatic heterocycles. The molecule has 0 spiro atoms. The molecule has 1 atom stereocenters. The van der Waals surface area contributed by atoms with Crippen LogP contribution < -0.4 is 0 Å². The third-order valence-corrected chi connectivity index (χ3v) is 7.52. The summed E-state index contributed by atoms with van der Waals surface area (Å²) in [6, 6.07) is 8.34. The van der Waals surface area contributed by atoms with Gasteiger partial charge in [-0.15, -0.1) is 0 Å². The predicted octanol–water partition coefficient (Wildman–Crippen LogP) is 3.89. The molecule has 10 heteroatoms. The Bertz CT molecular complexity index is 1360. The molecule has 0 amide bonds. The molecule has 33 heavy (non-hydrogen) atoms. The lowest BCUT2D eigenvalue weighted by atomic mass is 10.0. The minimum atomic E-state index is -3.77. The first-order chi connectivity index (χ1) is 15.7. The van der Waals surface area contributed by atoms with E-state index in [-0.39, 0.29) is 10.8 Å². The average molecular weight is 469 g/mol. The lowest BCUT2D eigenvalue weighted by Crippen LogP contribution is -2.32. The number of aryl methyl sites for hydroxylation is 2. The summed E-state index contributed by atoms with van der Waals surface area (Å²) in [4.78, 5) is 13.2. The Labute approximate surface area is 193 Å². The first-order valence-electron chi connectivity index (χ1n) is 10.8. The lowest BCUT2D eigenvalue weighted by Gasteiger charge is -2.26. The summed E-state index contributed by atoms with van der Waals surface area (Å²) in [6.07, 6.45) is 4.05. The average Bonchev–Trinajstić information content (AvgIpc) is 3.35. The summed E-state index contributed by atoms with van der Waals surface area (Å²) >= 11 is 0. The van der Waals surface area contributed by atoms with Gasteiger partial charge >= 0.3 is 0 Å². The molecule has 0 saturated heterocycles. The van der Waals surface area contributed by atoms with Gasteiger partial charge < -0.3 is 9.09 Å². The van der Waals surface area contributed by atoms with Crippen molar-refractivity contribution < 1.29 is 12.9 Å². The number of imidazole rings is 1. The third kappa shape index (κ3) is 4.67. The van der Waals surface area contributed by atoms with E-state index in [1.54, 1.807) is 38.5 Å². The Kier molecular flexibility index (Phi) is 6.31. The van der Waals surface area contributed by atoms with Gasteiger partial charge in [-0.05, 0) is 49.9 Å². The predicted molar refractivity (Wildman–Crippen MR) is 124 cm³/mol. The molecule has 0 radical (unpaired) electrons. The van der Waals surface area contributed by atoms with Gasteiger partial charge in [0.2, 0.25) is 15.9 Å². The Hall–Kier alpha value is -3.11. The highest BCUT2D eigenvalue weighted by Gasteiger charge is 2.33. The van der Waals surface area contributed by atoms with Crippen molar-refractivity contribution in [3.8, 4) is 0 Å². The Balaban J connectivity index is 1.59. The molecule has 0 N–H and O–H groups in total. The number of hydrogen-bond acceptors (Lipinski definition) is 7. The molecule has 1 aromatic carbocycles. The topological polar surface area (TPSA) is 107 Å². The standard InChI is InChI=1S/C23H28N6O3S/c1-15(2)12-22(23-25-16(3)27-32-23)28(5)33(30,31)19-8-6-18(7-9-19)14-29-17(4)26-20-13-24-11-10-21(20)29/h6-11,13,15,22H,12,14H2,1-5H3. The summed E-state index contributed by atoms with van der Waals surface area (Å²) in [7, 11) is -2.21. The van der Waals surface area contributed by atoms with E-state index >= 15 is 0 Å². The van der Waals surface area contributed by atoms with Crippen molar-refractivity contribution in [2.75, 3.05) is 7.05 Å². The van der Waals surface area contributed by atoms with Crippen LogP contribution in [0.25, 0.3) is 11.0 Å². The Morgan fingerprint density at radius 2 is 1.82 bits per heavy atom. The normalized spacial score (nSPS) is 13.3. The van der Waals surface area contributed by atoms with E-state index in [0.29, 0.717) is 24.7 Å². The molecular formula is C23H28N6O3S. The zero-order valence-corrected chi connectivity index (χ0v) is 20.2. The molecule has 0 aliphatic carbocycles. The molecule has 3 heterocycles. The van der Waals surface area contributed by atoms with Crippen LogP contribution in [0.3, 0.4) is 0 Å². The summed E-state index contributed by atoms with van der Waals surface area (Å²) in [5, 5.41) is 3.84. The molecule has 1 unspecified atom stereocenters. The largest absolute Gasteiger partial charge is 0.338 e. The van der Waals surface area contributed by atoms with Crippen molar-refractivity contribution in [3.63, 3.8) is 0 Å². The third-order valence-electron chi connectivity index (χ3n) is 5.64. The maximum absolute atomic E-state index is 13.4. The van der Waals surface area contributed by atoms with E-state index in [1.165, 1.54) is 4.31 Å². The Morgan fingerprint density at radius 3 is 2.45 bits per heavy atom. The van der Waals surface area contributed by atoms with Gasteiger partial charge in [0.05, 0.1) is 16.6 Å². The molecule has 0 saturated carbocycles. The molecule has 3 aromatic heterocycles. The van der Waals surface area contributed by atoms with E-state index < -0.39 is 16.1 Å². The first-order valence-corrected chi connectivity index (χ1v) is 12.2. The molecule has 4 aromatic rings. The highest BCUT2D eigenvalue weighted by Crippen LogP contribution is 2.30. The van der Waals surface area contributed by atoms with Crippen molar-refractivity contribution in [1.82, 2.24) is 29.0 Å².